The first-order valence-corrected chi connectivity index (χ1v) is 6.05. The topological polar surface area (TPSA) is 73.0 Å². The first-order valence-electron chi connectivity index (χ1n) is 3.71. The number of nitrogens with zero attached hydrogens (tertiary/aromatic N) is 1. The number of nitrogens with two attached hydrogens (primary N) is 1. The van der Waals surface area contributed by atoms with E-state index in [1.54, 1.807) is 0 Å². The molecule has 0 fully saturated rings. The Kier molecular flexibility index (Phi) is 3.41. The molecule has 0 amide bonds. The van der Waals surface area contributed by atoms with Gasteiger partial charge in [-0.1, -0.05) is 0 Å². The fraction of sp³-hybridized carbons (Fsp3) is 0.286. The van der Waals surface area contributed by atoms with Crippen LogP contribution in [-0.2, 0) is 10.0 Å². The molecule has 2 N–H and O–H groups in total. The Labute approximate surface area is 93.7 Å². The van der Waals surface area contributed by atoms with E-state index in [0.29, 0.717) is 0 Å². The molecule has 0 bridgehead atoms. The average Bonchev–Trinajstić information content (AvgIpc) is 2.06. The predicted molar refractivity (Wildman–Crippen MR) is 53.0 cm³/mol. The molecule has 0 aliphatic rings. The summed E-state index contributed by atoms with van der Waals surface area (Å²) in [6, 6.07) is 0.761. The van der Waals surface area contributed by atoms with Gasteiger partial charge in [-0.15, -0.1) is 0 Å². The minimum atomic E-state index is -4.03. The number of sulfonamides is 1. The molecular weight excluding hydrogens is 294 g/mol. The average molecular weight is 301 g/mol. The second kappa shape index (κ2) is 4.11. The highest BCUT2D eigenvalue weighted by atomic mass is 79.9. The molecule has 0 unspecified atom stereocenters. The number of halogens is 3. The number of aryl methyl sites for hydroxylation is 1. The summed E-state index contributed by atoms with van der Waals surface area (Å²) >= 11 is 2.93. The van der Waals surface area contributed by atoms with Gasteiger partial charge >= 0.3 is 0 Å². The highest BCUT2D eigenvalue weighted by Crippen LogP contribution is 2.27. The lowest BCUT2D eigenvalue weighted by atomic mass is 10.3. The van der Waals surface area contributed by atoms with Gasteiger partial charge in [0.15, 0.2) is 0 Å². The van der Waals surface area contributed by atoms with Crippen LogP contribution in [0.4, 0.5) is 8.78 Å². The van der Waals surface area contributed by atoms with Crippen molar-refractivity contribution in [2.45, 2.75) is 18.2 Å². The maximum Gasteiger partial charge on any atom is 0.280 e. The summed E-state index contributed by atoms with van der Waals surface area (Å²) in [6.45, 7) is 1.41. The zero-order valence-electron chi connectivity index (χ0n) is 7.54. The van der Waals surface area contributed by atoms with E-state index >= 15 is 0 Å². The van der Waals surface area contributed by atoms with Gasteiger partial charge in [0.25, 0.3) is 6.43 Å². The largest absolute Gasteiger partial charge is 0.280 e. The van der Waals surface area contributed by atoms with Gasteiger partial charge in [0.1, 0.15) is 5.69 Å². The Hall–Kier alpha value is -0.600. The summed E-state index contributed by atoms with van der Waals surface area (Å²) in [5.74, 6) is 0. The summed E-state index contributed by atoms with van der Waals surface area (Å²) in [7, 11) is -4.03. The van der Waals surface area contributed by atoms with Crippen molar-refractivity contribution in [3.63, 3.8) is 0 Å². The zero-order valence-corrected chi connectivity index (χ0v) is 9.94. The molecule has 0 aliphatic carbocycles. The molecule has 1 aromatic heterocycles. The molecule has 1 heterocycles. The minimum absolute atomic E-state index is 0.106. The van der Waals surface area contributed by atoms with Gasteiger partial charge in [0.05, 0.1) is 15.1 Å². The number of pyridine rings is 1. The first kappa shape index (κ1) is 12.5. The van der Waals surface area contributed by atoms with Crippen LogP contribution in [-0.4, -0.2) is 13.4 Å². The van der Waals surface area contributed by atoms with Crippen molar-refractivity contribution in [1.29, 1.82) is 0 Å². The van der Waals surface area contributed by atoms with Crippen LogP contribution in [0.5, 0.6) is 0 Å². The summed E-state index contributed by atoms with van der Waals surface area (Å²) < 4.78 is 46.9. The molecule has 1 rings (SSSR count). The van der Waals surface area contributed by atoms with Gasteiger partial charge in [0.2, 0.25) is 10.0 Å². The van der Waals surface area contributed by atoms with Gasteiger partial charge in [-0.3, -0.25) is 4.98 Å². The summed E-state index contributed by atoms with van der Waals surface area (Å²) in [6.07, 6.45) is -2.84. The van der Waals surface area contributed by atoms with Gasteiger partial charge < -0.3 is 0 Å². The van der Waals surface area contributed by atoms with Gasteiger partial charge in [-0.05, 0) is 28.9 Å². The third kappa shape index (κ3) is 2.70. The van der Waals surface area contributed by atoms with Crippen molar-refractivity contribution >= 4 is 26.0 Å². The van der Waals surface area contributed by atoms with E-state index in [1.165, 1.54) is 6.92 Å². The van der Waals surface area contributed by atoms with E-state index in [0.717, 1.165) is 6.07 Å². The van der Waals surface area contributed by atoms with E-state index in [4.69, 9.17) is 5.14 Å². The lowest BCUT2D eigenvalue weighted by Gasteiger charge is -2.07. The molecule has 0 aliphatic heterocycles. The molecule has 0 aromatic carbocycles. The van der Waals surface area contributed by atoms with Crippen molar-refractivity contribution in [3.8, 4) is 0 Å². The minimum Gasteiger partial charge on any atom is -0.251 e. The zero-order chi connectivity index (χ0) is 11.8. The van der Waals surface area contributed by atoms with E-state index < -0.39 is 22.1 Å². The van der Waals surface area contributed by atoms with Crippen LogP contribution in [0.2, 0.25) is 0 Å². The molecule has 4 nitrogen and oxygen atoms in total. The Morgan fingerprint density at radius 3 is 2.47 bits per heavy atom. The van der Waals surface area contributed by atoms with Crippen LogP contribution in [0.1, 0.15) is 17.8 Å². The van der Waals surface area contributed by atoms with Crippen LogP contribution >= 0.6 is 15.9 Å². The van der Waals surface area contributed by atoms with Crippen molar-refractivity contribution in [2.24, 2.45) is 5.14 Å². The highest BCUT2D eigenvalue weighted by molar-refractivity contribution is 9.10. The highest BCUT2D eigenvalue weighted by Gasteiger charge is 2.20. The van der Waals surface area contributed by atoms with E-state index in [-0.39, 0.29) is 15.1 Å². The molecule has 0 saturated heterocycles. The predicted octanol–water partition coefficient (Wildman–Crippen LogP) is 1.74. The fourth-order valence-electron chi connectivity index (χ4n) is 0.970. The van der Waals surface area contributed by atoms with Crippen molar-refractivity contribution in [2.75, 3.05) is 0 Å². The van der Waals surface area contributed by atoms with Crippen LogP contribution in [0.25, 0.3) is 0 Å². The van der Waals surface area contributed by atoms with Crippen LogP contribution < -0.4 is 5.14 Å². The van der Waals surface area contributed by atoms with Crippen molar-refractivity contribution < 1.29 is 17.2 Å². The molecule has 15 heavy (non-hydrogen) atoms. The Morgan fingerprint density at radius 1 is 1.53 bits per heavy atom. The number of hydrogen-bond acceptors (Lipinski definition) is 3. The molecule has 84 valence electrons. The quantitative estimate of drug-likeness (QED) is 0.904. The number of alkyl halides is 2. The SMILES string of the molecule is Cc1nc(C(F)F)cc(S(N)(=O)=O)c1Br. The molecule has 1 aromatic rings. The Bertz CT molecular complexity index is 490. The molecule has 0 atom stereocenters. The fourth-order valence-corrected chi connectivity index (χ4v) is 2.53. The number of rotatable bonds is 2. The molecule has 8 heteroatoms. The lowest BCUT2D eigenvalue weighted by Crippen LogP contribution is -2.14. The maximum absolute atomic E-state index is 12.3. The van der Waals surface area contributed by atoms with Crippen LogP contribution in [0, 0.1) is 6.92 Å². The van der Waals surface area contributed by atoms with E-state index in [9.17, 15) is 17.2 Å². The van der Waals surface area contributed by atoms with E-state index in [1.807, 2.05) is 0 Å². The second-order valence-electron chi connectivity index (χ2n) is 2.79. The monoisotopic (exact) mass is 300 g/mol. The van der Waals surface area contributed by atoms with Gasteiger partial charge in [-0.2, -0.15) is 0 Å². The molecular formula is C7H7BrF2N2O2S. The second-order valence-corrected chi connectivity index (χ2v) is 5.11. The molecule has 0 radical (unpaired) electrons. The molecule has 0 saturated carbocycles. The van der Waals surface area contributed by atoms with E-state index in [2.05, 4.69) is 20.9 Å². The van der Waals surface area contributed by atoms with Gasteiger partial charge in [0, 0.05) is 0 Å². The third-order valence-corrected chi connectivity index (χ3v) is 3.84. The number of hydrogen-bond donors (Lipinski definition) is 1. The van der Waals surface area contributed by atoms with Gasteiger partial charge in [-0.25, -0.2) is 22.3 Å². The Balaban J connectivity index is 3.52. The summed E-state index contributed by atoms with van der Waals surface area (Å²) in [5.41, 5.74) is -0.462. The van der Waals surface area contributed by atoms with Crippen molar-refractivity contribution in [3.05, 3.63) is 21.9 Å². The Morgan fingerprint density at radius 2 is 2.07 bits per heavy atom. The van der Waals surface area contributed by atoms with Crippen LogP contribution in [0.15, 0.2) is 15.4 Å². The standard InChI is InChI=1S/C7H7BrF2N2O2S/c1-3-6(8)5(15(11,13)14)2-4(12-3)7(9)10/h2,7H,1H3,(H2,11,13,14). The van der Waals surface area contributed by atoms with Crippen LogP contribution in [0.3, 0.4) is 0 Å². The summed E-state index contributed by atoms with van der Waals surface area (Å²) in [5, 5.41) is 4.87. The normalized spacial score (nSPS) is 12.1. The third-order valence-electron chi connectivity index (χ3n) is 1.64. The summed E-state index contributed by atoms with van der Waals surface area (Å²) in [4.78, 5) is 3.15. The first-order chi connectivity index (χ1) is 6.73. The number of primary sulfonamides is 1. The lowest BCUT2D eigenvalue weighted by molar-refractivity contribution is 0.145. The maximum atomic E-state index is 12.3. The van der Waals surface area contributed by atoms with Crippen molar-refractivity contribution in [1.82, 2.24) is 4.98 Å². The number of aromatic nitrogens is 1. The smallest absolute Gasteiger partial charge is 0.251 e. The molecule has 0 spiro atoms.